The van der Waals surface area contributed by atoms with Crippen molar-refractivity contribution >= 4 is 21.9 Å². The molecule has 0 aliphatic carbocycles. The maximum atomic E-state index is 6.48. The van der Waals surface area contributed by atoms with Gasteiger partial charge in [-0.3, -0.25) is 9.97 Å². The van der Waals surface area contributed by atoms with Crippen LogP contribution in [-0.2, 0) is 11.8 Å². The molecule has 0 aliphatic heterocycles. The van der Waals surface area contributed by atoms with E-state index in [1.54, 1.807) is 0 Å². The molecule has 5 rings (SSSR count). The van der Waals surface area contributed by atoms with E-state index in [2.05, 4.69) is 83.1 Å². The predicted molar refractivity (Wildman–Crippen MR) is 137 cm³/mol. The van der Waals surface area contributed by atoms with E-state index in [-0.39, 0.29) is 5.41 Å². The third kappa shape index (κ3) is 3.72. The van der Waals surface area contributed by atoms with Crippen molar-refractivity contribution in [2.75, 3.05) is 0 Å². The van der Waals surface area contributed by atoms with Gasteiger partial charge in [0.2, 0.25) is 0 Å². The van der Waals surface area contributed by atoms with Crippen LogP contribution < -0.4 is 0 Å². The van der Waals surface area contributed by atoms with E-state index >= 15 is 0 Å². The van der Waals surface area contributed by atoms with Gasteiger partial charge in [0, 0.05) is 23.2 Å². The van der Waals surface area contributed by atoms with E-state index in [1.807, 2.05) is 24.5 Å². The lowest BCUT2D eigenvalue weighted by Gasteiger charge is -2.26. The molecule has 0 bridgehead atoms. The molecule has 0 saturated carbocycles. The van der Waals surface area contributed by atoms with Gasteiger partial charge in [-0.05, 0) is 48.1 Å². The third-order valence-electron chi connectivity index (χ3n) is 6.61. The number of aromatic nitrogens is 2. The molecule has 0 N–H and O–H groups in total. The first kappa shape index (κ1) is 21.4. The van der Waals surface area contributed by atoms with Gasteiger partial charge in [-0.15, -0.1) is 0 Å². The number of furan rings is 1. The monoisotopic (exact) mass is 434 g/mol. The van der Waals surface area contributed by atoms with Crippen LogP contribution in [0.15, 0.2) is 77.5 Å². The minimum atomic E-state index is -0.284. The average Bonchev–Trinajstić information content (AvgIpc) is 3.20. The van der Waals surface area contributed by atoms with Gasteiger partial charge in [0.1, 0.15) is 11.2 Å². The van der Waals surface area contributed by atoms with Crippen molar-refractivity contribution in [3.05, 3.63) is 95.4 Å². The Balaban J connectivity index is 1.79. The van der Waals surface area contributed by atoms with Crippen molar-refractivity contribution in [3.8, 4) is 11.3 Å². The molecule has 2 aromatic carbocycles. The normalized spacial score (nSPS) is 12.2. The Hall–Kier alpha value is -3.46. The highest BCUT2D eigenvalue weighted by molar-refractivity contribution is 6.10. The summed E-state index contributed by atoms with van der Waals surface area (Å²) in [6, 6.07) is 21.0. The summed E-state index contributed by atoms with van der Waals surface area (Å²) in [5.41, 5.74) is 8.11. The van der Waals surface area contributed by atoms with E-state index in [4.69, 9.17) is 14.4 Å². The quantitative estimate of drug-likeness (QED) is 0.282. The fourth-order valence-corrected chi connectivity index (χ4v) is 4.74. The molecule has 0 atom stereocenters. The second kappa shape index (κ2) is 8.15. The summed E-state index contributed by atoms with van der Waals surface area (Å²) in [6.45, 7) is 11.1. The number of hydrogen-bond donors (Lipinski definition) is 0. The number of nitrogens with zero attached hydrogens (tertiary/aromatic N) is 2. The van der Waals surface area contributed by atoms with Crippen LogP contribution in [0.5, 0.6) is 0 Å². The Morgan fingerprint density at radius 1 is 0.909 bits per heavy atom. The molecule has 0 amide bonds. The molecule has 33 heavy (non-hydrogen) atoms. The lowest BCUT2D eigenvalue weighted by atomic mass is 9.79. The van der Waals surface area contributed by atoms with Crippen LogP contribution in [0, 0.1) is 12.8 Å². The smallest absolute Gasteiger partial charge is 0.148 e. The molecule has 3 aromatic heterocycles. The number of pyridine rings is 2. The molecule has 0 aliphatic rings. The zero-order chi connectivity index (χ0) is 23.2. The lowest BCUT2D eigenvalue weighted by molar-refractivity contribution is 0.621. The van der Waals surface area contributed by atoms with Crippen LogP contribution >= 0.6 is 0 Å². The molecule has 0 radical (unpaired) electrons. The third-order valence-corrected chi connectivity index (χ3v) is 6.61. The zero-order valence-electron chi connectivity index (χ0n) is 20.0. The first-order valence-electron chi connectivity index (χ1n) is 11.7. The van der Waals surface area contributed by atoms with Gasteiger partial charge in [0.25, 0.3) is 0 Å². The summed E-state index contributed by atoms with van der Waals surface area (Å²) in [5.74, 6) is 0.581. The van der Waals surface area contributed by atoms with Crippen molar-refractivity contribution in [1.82, 2.24) is 9.97 Å². The molecule has 0 saturated heterocycles. The van der Waals surface area contributed by atoms with Crippen molar-refractivity contribution in [2.45, 2.75) is 46.5 Å². The first-order chi connectivity index (χ1) is 15.9. The van der Waals surface area contributed by atoms with Gasteiger partial charge in [0.15, 0.2) is 0 Å². The molecule has 0 spiro atoms. The molecule has 3 heteroatoms. The second-order valence-corrected chi connectivity index (χ2v) is 9.91. The van der Waals surface area contributed by atoms with E-state index in [0.717, 1.165) is 45.3 Å². The molecule has 0 fully saturated rings. The highest BCUT2D eigenvalue weighted by Gasteiger charge is 2.30. The molecular weight excluding hydrogens is 404 g/mol. The van der Waals surface area contributed by atoms with E-state index in [1.165, 1.54) is 16.7 Å². The molecular formula is C30H30N2O. The molecule has 5 aromatic rings. The number of para-hydroxylation sites is 1. The SMILES string of the molecule is Cc1cnc(-c2cnc(C(C)(C)c3ccccc3)c3c2oc2ccccc23)cc1CC(C)C. The maximum Gasteiger partial charge on any atom is 0.148 e. The standard InChI is InChI=1S/C30H30N2O/c1-19(2)15-21-16-25(31-17-20(21)3)24-18-32-29(30(4,5)22-11-7-6-8-12-22)27-23-13-9-10-14-26(23)33-28(24)27/h6-14,16-19H,15H2,1-5H3. The van der Waals surface area contributed by atoms with Gasteiger partial charge in [-0.25, -0.2) is 0 Å². The summed E-state index contributed by atoms with van der Waals surface area (Å²) in [4.78, 5) is 9.85. The van der Waals surface area contributed by atoms with E-state index in [0.29, 0.717) is 5.92 Å². The van der Waals surface area contributed by atoms with Gasteiger partial charge in [0.05, 0.1) is 22.3 Å². The Morgan fingerprint density at radius 3 is 2.39 bits per heavy atom. The predicted octanol–water partition coefficient (Wildman–Crippen LogP) is 7.88. The van der Waals surface area contributed by atoms with Gasteiger partial charge in [-0.2, -0.15) is 0 Å². The Kier molecular flexibility index (Phi) is 5.28. The van der Waals surface area contributed by atoms with Gasteiger partial charge in [-0.1, -0.05) is 76.2 Å². The summed E-state index contributed by atoms with van der Waals surface area (Å²) >= 11 is 0. The number of aryl methyl sites for hydroxylation is 1. The zero-order valence-corrected chi connectivity index (χ0v) is 20.0. The van der Waals surface area contributed by atoms with Crippen LogP contribution in [0.25, 0.3) is 33.2 Å². The Morgan fingerprint density at radius 2 is 1.64 bits per heavy atom. The number of benzene rings is 2. The van der Waals surface area contributed by atoms with Crippen LogP contribution in [0.4, 0.5) is 0 Å². The minimum absolute atomic E-state index is 0.284. The highest BCUT2D eigenvalue weighted by Crippen LogP contribution is 2.42. The Labute approximate surface area is 195 Å². The number of rotatable bonds is 5. The van der Waals surface area contributed by atoms with Crippen molar-refractivity contribution in [2.24, 2.45) is 5.92 Å². The molecule has 166 valence electrons. The van der Waals surface area contributed by atoms with Crippen molar-refractivity contribution in [1.29, 1.82) is 0 Å². The minimum Gasteiger partial charge on any atom is -0.455 e. The average molecular weight is 435 g/mol. The fourth-order valence-electron chi connectivity index (χ4n) is 4.74. The second-order valence-electron chi connectivity index (χ2n) is 9.91. The van der Waals surface area contributed by atoms with Crippen LogP contribution in [-0.4, -0.2) is 9.97 Å². The topological polar surface area (TPSA) is 38.9 Å². The highest BCUT2D eigenvalue weighted by atomic mass is 16.3. The lowest BCUT2D eigenvalue weighted by Crippen LogP contribution is -2.21. The van der Waals surface area contributed by atoms with Crippen LogP contribution in [0.2, 0.25) is 0 Å². The number of hydrogen-bond acceptors (Lipinski definition) is 3. The summed E-state index contributed by atoms with van der Waals surface area (Å²) < 4.78 is 6.48. The summed E-state index contributed by atoms with van der Waals surface area (Å²) in [6.07, 6.45) is 4.95. The summed E-state index contributed by atoms with van der Waals surface area (Å²) in [5, 5.41) is 2.17. The fraction of sp³-hybridized carbons (Fsp3) is 0.267. The summed E-state index contributed by atoms with van der Waals surface area (Å²) in [7, 11) is 0. The maximum absolute atomic E-state index is 6.48. The van der Waals surface area contributed by atoms with Crippen LogP contribution in [0.1, 0.15) is 50.1 Å². The first-order valence-corrected chi connectivity index (χ1v) is 11.7. The molecule has 3 heterocycles. The van der Waals surface area contributed by atoms with Gasteiger partial charge < -0.3 is 4.42 Å². The number of fused-ring (bicyclic) bond motifs is 3. The van der Waals surface area contributed by atoms with Crippen LogP contribution in [0.3, 0.4) is 0 Å². The molecule has 0 unspecified atom stereocenters. The van der Waals surface area contributed by atoms with Crippen molar-refractivity contribution in [3.63, 3.8) is 0 Å². The van der Waals surface area contributed by atoms with Crippen molar-refractivity contribution < 1.29 is 4.42 Å². The van der Waals surface area contributed by atoms with E-state index < -0.39 is 0 Å². The largest absolute Gasteiger partial charge is 0.455 e. The van der Waals surface area contributed by atoms with Gasteiger partial charge >= 0.3 is 0 Å². The molecule has 3 nitrogen and oxygen atoms in total. The Bertz CT molecular complexity index is 1440. The van der Waals surface area contributed by atoms with E-state index in [9.17, 15) is 0 Å².